The van der Waals surface area contributed by atoms with Gasteiger partial charge in [-0.3, -0.25) is 4.79 Å². The summed E-state index contributed by atoms with van der Waals surface area (Å²) in [7, 11) is 0. The fraction of sp³-hybridized carbons (Fsp3) is 0.444. The molecule has 0 radical (unpaired) electrons. The molecule has 0 spiro atoms. The van der Waals surface area contributed by atoms with Gasteiger partial charge in [-0.1, -0.05) is 35.5 Å². The lowest BCUT2D eigenvalue weighted by molar-refractivity contribution is -0.119. The summed E-state index contributed by atoms with van der Waals surface area (Å²) in [6, 6.07) is 7.58. The van der Waals surface area contributed by atoms with E-state index in [-0.39, 0.29) is 24.4 Å². The Morgan fingerprint density at radius 2 is 2.23 bits per heavy atom. The van der Waals surface area contributed by atoms with Crippen LogP contribution in [0.2, 0.25) is 5.02 Å². The molecule has 6 nitrogen and oxygen atoms in total. The highest BCUT2D eigenvalue weighted by molar-refractivity contribution is 7.99. The molecule has 26 heavy (non-hydrogen) atoms. The molecule has 2 aromatic rings. The maximum atomic E-state index is 12.1. The number of ether oxygens (including phenoxy) is 1. The fourth-order valence-corrected chi connectivity index (χ4v) is 3.71. The number of aliphatic hydroxyl groups excluding tert-OH is 1. The highest BCUT2D eigenvalue weighted by Crippen LogP contribution is 2.20. The van der Waals surface area contributed by atoms with Gasteiger partial charge in [-0.05, 0) is 30.5 Å². The van der Waals surface area contributed by atoms with Crippen LogP contribution in [0, 0.1) is 0 Å². The number of hydrogen-bond acceptors (Lipinski definition) is 5. The second-order valence-electron chi connectivity index (χ2n) is 6.16. The molecule has 140 valence electrons. The lowest BCUT2D eigenvalue weighted by atomic mass is 10.2. The minimum Gasteiger partial charge on any atom is -0.390 e. The lowest BCUT2D eigenvalue weighted by Gasteiger charge is -2.11. The van der Waals surface area contributed by atoms with E-state index in [0.29, 0.717) is 29.0 Å². The van der Waals surface area contributed by atoms with E-state index in [9.17, 15) is 9.90 Å². The van der Waals surface area contributed by atoms with E-state index in [1.54, 1.807) is 6.20 Å². The third-order valence-electron chi connectivity index (χ3n) is 4.10. The number of aliphatic hydroxyl groups is 1. The van der Waals surface area contributed by atoms with Gasteiger partial charge in [0, 0.05) is 30.9 Å². The van der Waals surface area contributed by atoms with Gasteiger partial charge >= 0.3 is 0 Å². The standard InChI is InChI=1S/C18H22ClN3O3S/c19-14-5-3-13(4-6-14)9-22-10-15(11-23)21-18(22)26-12-17(24)20-8-16-2-1-7-25-16/h3-6,10,16,23H,1-2,7-9,11-12H2,(H,20,24)/t16-/m1/s1. The van der Waals surface area contributed by atoms with Crippen molar-refractivity contribution in [1.29, 1.82) is 0 Å². The van der Waals surface area contributed by atoms with E-state index < -0.39 is 0 Å². The van der Waals surface area contributed by atoms with Gasteiger partial charge in [0.1, 0.15) is 0 Å². The van der Waals surface area contributed by atoms with Crippen molar-refractivity contribution in [2.24, 2.45) is 0 Å². The molecule has 0 bridgehead atoms. The summed E-state index contributed by atoms with van der Waals surface area (Å²) in [6.07, 6.45) is 4.00. The van der Waals surface area contributed by atoms with E-state index in [2.05, 4.69) is 10.3 Å². The molecule has 2 heterocycles. The normalized spacial score (nSPS) is 16.8. The molecule has 0 saturated carbocycles. The number of nitrogens with zero attached hydrogens (tertiary/aromatic N) is 2. The van der Waals surface area contributed by atoms with Crippen LogP contribution < -0.4 is 5.32 Å². The monoisotopic (exact) mass is 395 g/mol. The number of thioether (sulfide) groups is 1. The fourth-order valence-electron chi connectivity index (χ4n) is 2.76. The van der Waals surface area contributed by atoms with Crippen LogP contribution in [0.3, 0.4) is 0 Å². The average Bonchev–Trinajstić information content (AvgIpc) is 3.30. The molecule has 1 aliphatic heterocycles. The van der Waals surface area contributed by atoms with Crippen LogP contribution in [-0.2, 0) is 22.7 Å². The predicted octanol–water partition coefficient (Wildman–Crippen LogP) is 2.46. The van der Waals surface area contributed by atoms with Gasteiger partial charge in [0.15, 0.2) is 5.16 Å². The van der Waals surface area contributed by atoms with Gasteiger partial charge in [-0.2, -0.15) is 0 Å². The third kappa shape index (κ3) is 5.48. The second kappa shape index (κ2) is 9.41. The van der Waals surface area contributed by atoms with Crippen molar-refractivity contribution in [2.75, 3.05) is 18.9 Å². The first-order chi connectivity index (χ1) is 12.6. The topological polar surface area (TPSA) is 76.4 Å². The maximum Gasteiger partial charge on any atom is 0.230 e. The molecule has 2 N–H and O–H groups in total. The highest BCUT2D eigenvalue weighted by atomic mass is 35.5. The Balaban J connectivity index is 1.56. The average molecular weight is 396 g/mol. The quantitative estimate of drug-likeness (QED) is 0.671. The smallest absolute Gasteiger partial charge is 0.230 e. The summed E-state index contributed by atoms with van der Waals surface area (Å²) in [5.41, 5.74) is 1.65. The SMILES string of the molecule is O=C(CSc1nc(CO)cn1Cc1ccc(Cl)cc1)NC[C@H]1CCCO1. The largest absolute Gasteiger partial charge is 0.390 e. The maximum absolute atomic E-state index is 12.1. The molecule has 1 saturated heterocycles. The molecular formula is C18H22ClN3O3S. The van der Waals surface area contributed by atoms with Crippen LogP contribution in [0.15, 0.2) is 35.6 Å². The Labute approximate surface area is 161 Å². The number of hydrogen-bond donors (Lipinski definition) is 2. The van der Waals surface area contributed by atoms with Gasteiger partial charge in [0.25, 0.3) is 0 Å². The molecule has 1 aromatic heterocycles. The molecule has 0 aliphatic carbocycles. The summed E-state index contributed by atoms with van der Waals surface area (Å²) in [6.45, 7) is 1.80. The Hall–Kier alpha value is -1.54. The van der Waals surface area contributed by atoms with Crippen LogP contribution in [-0.4, -0.2) is 45.6 Å². The molecule has 1 amide bonds. The second-order valence-corrected chi connectivity index (χ2v) is 7.53. The Morgan fingerprint density at radius 1 is 1.42 bits per heavy atom. The number of rotatable bonds is 8. The van der Waals surface area contributed by atoms with Crippen molar-refractivity contribution >= 4 is 29.3 Å². The number of imidazole rings is 1. The first-order valence-electron chi connectivity index (χ1n) is 8.56. The van der Waals surface area contributed by atoms with Gasteiger partial charge in [-0.15, -0.1) is 0 Å². The van der Waals surface area contributed by atoms with Crippen molar-refractivity contribution in [3.8, 4) is 0 Å². The van der Waals surface area contributed by atoms with Crippen LogP contribution in [0.4, 0.5) is 0 Å². The van der Waals surface area contributed by atoms with Crippen molar-refractivity contribution in [3.63, 3.8) is 0 Å². The van der Waals surface area contributed by atoms with E-state index >= 15 is 0 Å². The number of benzene rings is 1. The molecular weight excluding hydrogens is 374 g/mol. The zero-order valence-electron chi connectivity index (χ0n) is 14.4. The zero-order valence-corrected chi connectivity index (χ0v) is 15.9. The number of aromatic nitrogens is 2. The molecule has 8 heteroatoms. The summed E-state index contributed by atoms with van der Waals surface area (Å²) >= 11 is 7.28. The van der Waals surface area contributed by atoms with Crippen LogP contribution in [0.1, 0.15) is 24.1 Å². The van der Waals surface area contributed by atoms with Crippen molar-refractivity contribution in [3.05, 3.63) is 46.7 Å². The number of carbonyl (C=O) groups is 1. The summed E-state index contributed by atoms with van der Waals surface area (Å²) in [5.74, 6) is 0.229. The van der Waals surface area contributed by atoms with Crippen molar-refractivity contribution < 1.29 is 14.6 Å². The lowest BCUT2D eigenvalue weighted by Crippen LogP contribution is -2.32. The molecule has 1 atom stereocenters. The predicted molar refractivity (Wildman–Crippen MR) is 101 cm³/mol. The molecule has 1 aromatic carbocycles. The van der Waals surface area contributed by atoms with Crippen molar-refractivity contribution in [2.45, 2.75) is 37.3 Å². The highest BCUT2D eigenvalue weighted by Gasteiger charge is 2.17. The zero-order chi connectivity index (χ0) is 18.4. The molecule has 0 unspecified atom stereocenters. The summed E-state index contributed by atoms with van der Waals surface area (Å²) in [4.78, 5) is 16.5. The van der Waals surface area contributed by atoms with E-state index in [1.165, 1.54) is 11.8 Å². The number of nitrogens with one attached hydrogen (secondary N) is 1. The van der Waals surface area contributed by atoms with E-state index in [4.69, 9.17) is 16.3 Å². The van der Waals surface area contributed by atoms with Gasteiger partial charge in [0.2, 0.25) is 5.91 Å². The Kier molecular flexibility index (Phi) is 6.96. The van der Waals surface area contributed by atoms with Gasteiger partial charge in [-0.25, -0.2) is 4.98 Å². The summed E-state index contributed by atoms with van der Waals surface area (Å²) < 4.78 is 7.44. The van der Waals surface area contributed by atoms with Gasteiger partial charge < -0.3 is 19.7 Å². The number of amides is 1. The minimum absolute atomic E-state index is 0.0444. The Morgan fingerprint density at radius 3 is 2.92 bits per heavy atom. The first kappa shape index (κ1) is 19.2. The van der Waals surface area contributed by atoms with E-state index in [1.807, 2.05) is 28.8 Å². The minimum atomic E-state index is -0.133. The molecule has 1 fully saturated rings. The van der Waals surface area contributed by atoms with Crippen molar-refractivity contribution in [1.82, 2.24) is 14.9 Å². The van der Waals surface area contributed by atoms with Crippen LogP contribution in [0.25, 0.3) is 0 Å². The van der Waals surface area contributed by atoms with Crippen LogP contribution in [0.5, 0.6) is 0 Å². The Bertz CT molecular complexity index is 730. The summed E-state index contributed by atoms with van der Waals surface area (Å²) in [5, 5.41) is 13.7. The van der Waals surface area contributed by atoms with Gasteiger partial charge in [0.05, 0.1) is 24.2 Å². The molecule has 1 aliphatic rings. The number of halogens is 1. The van der Waals surface area contributed by atoms with Crippen LogP contribution >= 0.6 is 23.4 Å². The third-order valence-corrected chi connectivity index (χ3v) is 5.34. The first-order valence-corrected chi connectivity index (χ1v) is 9.93. The van der Waals surface area contributed by atoms with E-state index in [0.717, 1.165) is 25.0 Å². The molecule has 3 rings (SSSR count). The number of carbonyl (C=O) groups excluding carboxylic acids is 1.